The van der Waals surface area contributed by atoms with Gasteiger partial charge in [-0.05, 0) is 24.7 Å². The van der Waals surface area contributed by atoms with E-state index in [1.807, 2.05) is 0 Å². The summed E-state index contributed by atoms with van der Waals surface area (Å²) < 4.78 is 0. The van der Waals surface area contributed by atoms with Crippen LogP contribution in [-0.2, 0) is 0 Å². The highest BCUT2D eigenvalue weighted by molar-refractivity contribution is 9.09. The Bertz CT molecular complexity index is 128. The normalized spacial score (nSPS) is 43.2. The fraction of sp³-hybridized carbons (Fsp3) is 1.00. The van der Waals surface area contributed by atoms with Crippen LogP contribution in [0.15, 0.2) is 0 Å². The Labute approximate surface area is 84.2 Å². The summed E-state index contributed by atoms with van der Waals surface area (Å²) in [5.41, 5.74) is 0. The minimum Gasteiger partial charge on any atom is -0.0884 e. The second-order valence-corrected chi connectivity index (χ2v) is 5.53. The van der Waals surface area contributed by atoms with E-state index in [2.05, 4.69) is 15.9 Å². The second kappa shape index (κ2) is 4.13. The summed E-state index contributed by atoms with van der Waals surface area (Å²) >= 11 is 3.80. The van der Waals surface area contributed by atoms with Gasteiger partial charge in [0, 0.05) is 4.83 Å². The molecule has 1 heteroatoms. The molecule has 0 aromatic rings. The molecule has 0 aromatic carbocycles. The zero-order chi connectivity index (χ0) is 8.39. The van der Waals surface area contributed by atoms with Gasteiger partial charge in [0.15, 0.2) is 0 Å². The van der Waals surface area contributed by atoms with Gasteiger partial charge in [0.05, 0.1) is 0 Å². The van der Waals surface area contributed by atoms with Crippen molar-refractivity contribution in [3.05, 3.63) is 0 Å². The van der Waals surface area contributed by atoms with Gasteiger partial charge in [-0.3, -0.25) is 0 Å². The van der Waals surface area contributed by atoms with Crippen molar-refractivity contribution in [2.75, 3.05) is 0 Å². The van der Waals surface area contributed by atoms with Crippen LogP contribution in [0.2, 0.25) is 0 Å². The molecule has 1 unspecified atom stereocenters. The lowest BCUT2D eigenvalue weighted by Gasteiger charge is -2.05. The van der Waals surface area contributed by atoms with Crippen LogP contribution < -0.4 is 0 Å². The van der Waals surface area contributed by atoms with Crippen LogP contribution in [0.25, 0.3) is 0 Å². The Kier molecular flexibility index (Phi) is 3.11. The van der Waals surface area contributed by atoms with Gasteiger partial charge in [-0.2, -0.15) is 0 Å². The molecule has 0 aliphatic heterocycles. The Hall–Kier alpha value is 0.480. The zero-order valence-electron chi connectivity index (χ0n) is 7.77. The van der Waals surface area contributed by atoms with Gasteiger partial charge in [0.1, 0.15) is 0 Å². The van der Waals surface area contributed by atoms with Crippen molar-refractivity contribution in [1.82, 2.24) is 0 Å². The van der Waals surface area contributed by atoms with E-state index in [-0.39, 0.29) is 0 Å². The number of halogens is 1. The molecule has 0 amide bonds. The van der Waals surface area contributed by atoms with Crippen LogP contribution in [0, 0.1) is 11.8 Å². The van der Waals surface area contributed by atoms with Gasteiger partial charge < -0.3 is 0 Å². The number of rotatable bonds is 0. The van der Waals surface area contributed by atoms with Crippen molar-refractivity contribution in [2.24, 2.45) is 11.8 Å². The van der Waals surface area contributed by atoms with Gasteiger partial charge in [0.25, 0.3) is 0 Å². The Balaban J connectivity index is 1.78. The van der Waals surface area contributed by atoms with Crippen LogP contribution in [0.5, 0.6) is 0 Å². The van der Waals surface area contributed by atoms with E-state index in [9.17, 15) is 0 Å². The fourth-order valence-corrected chi connectivity index (χ4v) is 3.75. The molecule has 0 spiro atoms. The largest absolute Gasteiger partial charge is 0.0884 e. The topological polar surface area (TPSA) is 0 Å². The predicted octanol–water partition coefficient (Wildman–Crippen LogP) is 4.13. The molecule has 2 saturated carbocycles. The Morgan fingerprint density at radius 3 is 1.58 bits per heavy atom. The summed E-state index contributed by atoms with van der Waals surface area (Å²) in [6.07, 6.45) is 11.9. The first-order chi connectivity index (χ1) is 5.89. The molecule has 70 valence electrons. The van der Waals surface area contributed by atoms with Crippen LogP contribution in [0.3, 0.4) is 0 Å². The van der Waals surface area contributed by atoms with E-state index in [0.717, 1.165) is 16.7 Å². The van der Waals surface area contributed by atoms with Gasteiger partial charge in [-0.15, -0.1) is 0 Å². The van der Waals surface area contributed by atoms with E-state index in [0.29, 0.717) is 0 Å². The molecule has 3 atom stereocenters. The van der Waals surface area contributed by atoms with Crippen LogP contribution in [0.1, 0.15) is 51.4 Å². The van der Waals surface area contributed by atoms with Crippen LogP contribution in [0.4, 0.5) is 0 Å². The smallest absolute Gasteiger partial charge is 0.0208 e. The standard InChI is InChI=1S/C11H19Br/c12-11-9-7-5-3-1-2-4-6-8-10(9)11/h9-11H,1-8H2/t9-,10+,11?. The Morgan fingerprint density at radius 1 is 0.667 bits per heavy atom. The maximum absolute atomic E-state index is 3.80. The molecule has 0 bridgehead atoms. The third kappa shape index (κ3) is 2.04. The number of hydrogen-bond donors (Lipinski definition) is 0. The van der Waals surface area contributed by atoms with Gasteiger partial charge in [-0.1, -0.05) is 54.5 Å². The SMILES string of the molecule is BrC1[C@H]2CCCCCCCC[C@@H]12. The van der Waals surface area contributed by atoms with Crippen LogP contribution in [-0.4, -0.2) is 4.83 Å². The highest BCUT2D eigenvalue weighted by atomic mass is 79.9. The molecule has 0 heterocycles. The molecule has 2 rings (SSSR count). The lowest BCUT2D eigenvalue weighted by Crippen LogP contribution is -1.89. The quantitative estimate of drug-likeness (QED) is 0.550. The number of fused-ring (bicyclic) bond motifs is 1. The third-order valence-electron chi connectivity index (χ3n) is 3.55. The molecule has 2 aliphatic rings. The summed E-state index contributed by atoms with van der Waals surface area (Å²) in [6, 6.07) is 0. The summed E-state index contributed by atoms with van der Waals surface area (Å²) in [7, 11) is 0. The summed E-state index contributed by atoms with van der Waals surface area (Å²) in [4.78, 5) is 0.899. The van der Waals surface area contributed by atoms with Crippen molar-refractivity contribution >= 4 is 15.9 Å². The molecule has 0 nitrogen and oxygen atoms in total. The zero-order valence-corrected chi connectivity index (χ0v) is 9.35. The summed E-state index contributed by atoms with van der Waals surface area (Å²) in [6.45, 7) is 0. The van der Waals surface area contributed by atoms with Gasteiger partial charge >= 0.3 is 0 Å². The minimum atomic E-state index is 0.899. The first-order valence-electron chi connectivity index (χ1n) is 5.53. The summed E-state index contributed by atoms with van der Waals surface area (Å²) in [5, 5.41) is 0. The highest BCUT2D eigenvalue weighted by Crippen LogP contribution is 2.51. The second-order valence-electron chi connectivity index (χ2n) is 4.47. The maximum Gasteiger partial charge on any atom is 0.0208 e. The fourth-order valence-electron chi connectivity index (χ4n) is 2.61. The first-order valence-corrected chi connectivity index (χ1v) is 6.45. The molecular weight excluding hydrogens is 212 g/mol. The molecular formula is C11H19Br. The van der Waals surface area contributed by atoms with Crippen molar-refractivity contribution in [1.29, 1.82) is 0 Å². The predicted molar refractivity (Wildman–Crippen MR) is 56.6 cm³/mol. The van der Waals surface area contributed by atoms with Crippen LogP contribution >= 0.6 is 15.9 Å². The van der Waals surface area contributed by atoms with E-state index in [4.69, 9.17) is 0 Å². The molecule has 0 radical (unpaired) electrons. The van der Waals surface area contributed by atoms with Crippen molar-refractivity contribution < 1.29 is 0 Å². The van der Waals surface area contributed by atoms with Crippen molar-refractivity contribution in [3.8, 4) is 0 Å². The molecule has 12 heavy (non-hydrogen) atoms. The highest BCUT2D eigenvalue weighted by Gasteiger charge is 2.46. The lowest BCUT2D eigenvalue weighted by molar-refractivity contribution is 0.489. The summed E-state index contributed by atoms with van der Waals surface area (Å²) in [5.74, 6) is 2.12. The monoisotopic (exact) mass is 230 g/mol. The minimum absolute atomic E-state index is 0.899. The number of alkyl halides is 1. The van der Waals surface area contributed by atoms with E-state index >= 15 is 0 Å². The average molecular weight is 231 g/mol. The third-order valence-corrected chi connectivity index (χ3v) is 4.91. The number of hydrogen-bond acceptors (Lipinski definition) is 0. The van der Waals surface area contributed by atoms with Crippen molar-refractivity contribution in [3.63, 3.8) is 0 Å². The Morgan fingerprint density at radius 2 is 1.08 bits per heavy atom. The van der Waals surface area contributed by atoms with E-state index < -0.39 is 0 Å². The molecule has 0 saturated heterocycles. The first kappa shape index (κ1) is 9.05. The van der Waals surface area contributed by atoms with Crippen molar-refractivity contribution in [2.45, 2.75) is 56.2 Å². The maximum atomic E-state index is 3.80. The molecule has 0 aromatic heterocycles. The van der Waals surface area contributed by atoms with Gasteiger partial charge in [0.2, 0.25) is 0 Å². The molecule has 2 aliphatic carbocycles. The van der Waals surface area contributed by atoms with E-state index in [1.54, 1.807) is 0 Å². The van der Waals surface area contributed by atoms with Gasteiger partial charge in [-0.25, -0.2) is 0 Å². The lowest BCUT2D eigenvalue weighted by atomic mass is 10.0. The van der Waals surface area contributed by atoms with E-state index in [1.165, 1.54) is 51.4 Å². The average Bonchev–Trinajstić information content (AvgIpc) is 2.71. The molecule has 0 N–H and O–H groups in total. The molecule has 2 fully saturated rings.